The van der Waals surface area contributed by atoms with E-state index < -0.39 is 5.97 Å². The van der Waals surface area contributed by atoms with Gasteiger partial charge in [0.05, 0.1) is 11.1 Å². The molecule has 2 rings (SSSR count). The van der Waals surface area contributed by atoms with Gasteiger partial charge in [-0.3, -0.25) is 5.10 Å². The minimum Gasteiger partial charge on any atom is -0.478 e. The van der Waals surface area contributed by atoms with E-state index in [1.54, 1.807) is 12.1 Å². The second-order valence-corrected chi connectivity index (χ2v) is 3.24. The van der Waals surface area contributed by atoms with E-state index in [-0.39, 0.29) is 5.56 Å². The number of hydrogen-bond donors (Lipinski definition) is 2. The van der Waals surface area contributed by atoms with E-state index in [4.69, 9.17) is 5.11 Å². The fraction of sp³-hybridized carbons (Fsp3) is 0. The van der Waals surface area contributed by atoms with Crippen molar-refractivity contribution in [2.45, 2.75) is 0 Å². The first-order valence-corrected chi connectivity index (χ1v) is 4.77. The van der Waals surface area contributed by atoms with E-state index in [9.17, 15) is 4.79 Å². The normalized spacial score (nSPS) is 9.75. The molecule has 4 nitrogen and oxygen atoms in total. The first-order chi connectivity index (χ1) is 7.77. The zero-order valence-corrected chi connectivity index (χ0v) is 8.42. The number of rotatable bonds is 1. The number of nitrogens with one attached hydrogen (secondary N) is 1. The monoisotopic (exact) mass is 214 g/mol. The van der Waals surface area contributed by atoms with Crippen molar-refractivity contribution in [1.29, 1.82) is 0 Å². The number of aromatic nitrogens is 2. The number of para-hydroxylation sites is 1. The van der Waals surface area contributed by atoms with Crippen LogP contribution in [0.3, 0.4) is 0 Å². The quantitative estimate of drug-likeness (QED) is 0.765. The summed E-state index contributed by atoms with van der Waals surface area (Å²) in [7, 11) is 0. The first-order valence-electron chi connectivity index (χ1n) is 4.77. The number of H-pyrrole nitrogens is 1. The largest absolute Gasteiger partial charge is 0.478 e. The molecule has 2 N–H and O–H groups in total. The SMILES string of the molecule is O=C(O)c1ccn[nH]c2ccccc2cc1. The third-order valence-corrected chi connectivity index (χ3v) is 2.16. The Kier molecular flexibility index (Phi) is 2.82. The van der Waals surface area contributed by atoms with Crippen LogP contribution in [0.4, 0.5) is 0 Å². The summed E-state index contributed by atoms with van der Waals surface area (Å²) in [5, 5.41) is 16.5. The number of fused-ring (bicyclic) bond motifs is 1. The van der Waals surface area contributed by atoms with E-state index in [2.05, 4.69) is 10.2 Å². The van der Waals surface area contributed by atoms with Gasteiger partial charge >= 0.3 is 5.97 Å². The van der Waals surface area contributed by atoms with E-state index in [1.165, 1.54) is 12.3 Å². The van der Waals surface area contributed by atoms with Gasteiger partial charge in [0.2, 0.25) is 0 Å². The third kappa shape index (κ3) is 2.17. The van der Waals surface area contributed by atoms with E-state index in [1.807, 2.05) is 24.3 Å². The molecular formula is C12H10N2O2. The zero-order chi connectivity index (χ0) is 11.4. The van der Waals surface area contributed by atoms with Gasteiger partial charge in [0.15, 0.2) is 0 Å². The number of aromatic carboxylic acids is 1. The maximum Gasteiger partial charge on any atom is 0.335 e. The Morgan fingerprint density at radius 1 is 1.12 bits per heavy atom. The fourth-order valence-electron chi connectivity index (χ4n) is 1.35. The molecule has 2 aromatic rings. The van der Waals surface area contributed by atoms with Gasteiger partial charge in [0, 0.05) is 6.20 Å². The molecule has 0 spiro atoms. The van der Waals surface area contributed by atoms with E-state index in [0.717, 1.165) is 10.9 Å². The van der Waals surface area contributed by atoms with Gasteiger partial charge in [0.1, 0.15) is 0 Å². The van der Waals surface area contributed by atoms with Crippen LogP contribution in [0.25, 0.3) is 10.9 Å². The lowest BCUT2D eigenvalue weighted by Crippen LogP contribution is -1.92. The molecule has 0 saturated carbocycles. The number of carboxylic acid groups (broad SMARTS) is 1. The molecule has 0 atom stereocenters. The summed E-state index contributed by atoms with van der Waals surface area (Å²) in [6, 6.07) is 12.3. The molecule has 0 radical (unpaired) electrons. The minimum absolute atomic E-state index is 0.197. The maximum absolute atomic E-state index is 10.8. The van der Waals surface area contributed by atoms with Crippen LogP contribution in [-0.2, 0) is 0 Å². The van der Waals surface area contributed by atoms with Crippen molar-refractivity contribution >= 4 is 16.9 Å². The highest BCUT2D eigenvalue weighted by molar-refractivity contribution is 5.88. The molecule has 0 bridgehead atoms. The van der Waals surface area contributed by atoms with Crippen LogP contribution >= 0.6 is 0 Å². The Balaban J connectivity index is 2.75. The minimum atomic E-state index is -0.970. The van der Waals surface area contributed by atoms with Crippen LogP contribution in [0.5, 0.6) is 0 Å². The van der Waals surface area contributed by atoms with Crippen LogP contribution in [0.2, 0.25) is 0 Å². The van der Waals surface area contributed by atoms with Crippen molar-refractivity contribution in [3.63, 3.8) is 0 Å². The van der Waals surface area contributed by atoms with Crippen LogP contribution in [0.1, 0.15) is 10.4 Å². The summed E-state index contributed by atoms with van der Waals surface area (Å²) in [5.74, 6) is -0.970. The number of aromatic amines is 1. The Bertz CT molecular complexity index is 574. The number of benzene rings is 1. The summed E-state index contributed by atoms with van der Waals surface area (Å²) in [6.45, 7) is 0. The molecule has 0 unspecified atom stereocenters. The maximum atomic E-state index is 10.8. The first kappa shape index (κ1) is 10.2. The number of carboxylic acids is 1. The standard InChI is InChI=1S/C12H10N2O2/c15-12(16)10-6-5-9-3-1-2-4-11(9)14-13-8-7-10/h1-8,14H,(H,15,16). The second kappa shape index (κ2) is 4.44. The van der Waals surface area contributed by atoms with Gasteiger partial charge in [-0.2, -0.15) is 5.10 Å². The summed E-state index contributed by atoms with van der Waals surface area (Å²) in [6.07, 6.45) is 1.43. The molecule has 1 aromatic heterocycles. The lowest BCUT2D eigenvalue weighted by molar-refractivity contribution is 0.0697. The Hall–Kier alpha value is -2.36. The van der Waals surface area contributed by atoms with Crippen molar-refractivity contribution in [2.24, 2.45) is 0 Å². The van der Waals surface area contributed by atoms with Gasteiger partial charge < -0.3 is 5.11 Å². The Morgan fingerprint density at radius 3 is 2.75 bits per heavy atom. The molecule has 4 heteroatoms. The highest BCUT2D eigenvalue weighted by Gasteiger charge is 1.97. The molecule has 16 heavy (non-hydrogen) atoms. The molecule has 0 amide bonds. The van der Waals surface area contributed by atoms with Gasteiger partial charge in [-0.05, 0) is 23.6 Å². The smallest absolute Gasteiger partial charge is 0.335 e. The van der Waals surface area contributed by atoms with Crippen LogP contribution in [0.15, 0.2) is 48.7 Å². The topological polar surface area (TPSA) is 66.0 Å². The van der Waals surface area contributed by atoms with Gasteiger partial charge in [-0.25, -0.2) is 4.79 Å². The summed E-state index contributed by atoms with van der Waals surface area (Å²) >= 11 is 0. The number of nitrogens with zero attached hydrogens (tertiary/aromatic N) is 1. The van der Waals surface area contributed by atoms with E-state index in [0.29, 0.717) is 0 Å². The molecule has 1 aromatic carbocycles. The number of hydrogen-bond acceptors (Lipinski definition) is 2. The van der Waals surface area contributed by atoms with Crippen molar-refractivity contribution in [2.75, 3.05) is 0 Å². The highest BCUT2D eigenvalue weighted by atomic mass is 16.4. The predicted molar refractivity (Wildman–Crippen MR) is 60.7 cm³/mol. The van der Waals surface area contributed by atoms with Gasteiger partial charge in [-0.1, -0.05) is 24.3 Å². The highest BCUT2D eigenvalue weighted by Crippen LogP contribution is 2.07. The lowest BCUT2D eigenvalue weighted by atomic mass is 10.2. The summed E-state index contributed by atoms with van der Waals surface area (Å²) in [4.78, 5) is 10.8. The molecule has 0 aliphatic carbocycles. The third-order valence-electron chi connectivity index (χ3n) is 2.16. The zero-order valence-electron chi connectivity index (χ0n) is 8.42. The molecule has 0 fully saturated rings. The molecular weight excluding hydrogens is 204 g/mol. The van der Waals surface area contributed by atoms with Crippen molar-refractivity contribution in [3.8, 4) is 0 Å². The lowest BCUT2D eigenvalue weighted by Gasteiger charge is -1.90. The average Bonchev–Trinajstić information content (AvgIpc) is 2.38. The predicted octanol–water partition coefficient (Wildman–Crippen LogP) is 2.39. The Labute approximate surface area is 91.9 Å². The van der Waals surface area contributed by atoms with E-state index >= 15 is 0 Å². The number of carbonyl (C=O) groups is 1. The molecule has 0 aliphatic heterocycles. The van der Waals surface area contributed by atoms with Gasteiger partial charge in [0.25, 0.3) is 0 Å². The molecule has 1 heterocycles. The Morgan fingerprint density at radius 2 is 1.94 bits per heavy atom. The molecule has 0 saturated heterocycles. The molecule has 0 aliphatic rings. The second-order valence-electron chi connectivity index (χ2n) is 3.24. The van der Waals surface area contributed by atoms with Crippen molar-refractivity contribution in [1.82, 2.24) is 10.2 Å². The van der Waals surface area contributed by atoms with Crippen molar-refractivity contribution in [3.05, 3.63) is 54.2 Å². The molecule has 80 valence electrons. The summed E-state index contributed by atoms with van der Waals surface area (Å²) < 4.78 is 0. The fourth-order valence-corrected chi connectivity index (χ4v) is 1.35. The van der Waals surface area contributed by atoms with Crippen LogP contribution in [0, 0.1) is 0 Å². The summed E-state index contributed by atoms with van der Waals surface area (Å²) in [5.41, 5.74) is 1.04. The van der Waals surface area contributed by atoms with Crippen LogP contribution in [-0.4, -0.2) is 21.3 Å². The van der Waals surface area contributed by atoms with Crippen molar-refractivity contribution < 1.29 is 9.90 Å². The van der Waals surface area contributed by atoms with Crippen LogP contribution < -0.4 is 0 Å². The van der Waals surface area contributed by atoms with Gasteiger partial charge in [-0.15, -0.1) is 0 Å². The average molecular weight is 214 g/mol.